The van der Waals surface area contributed by atoms with Gasteiger partial charge in [-0.1, -0.05) is 12.8 Å². The largest absolute Gasteiger partial charge is 0.468 e. The summed E-state index contributed by atoms with van der Waals surface area (Å²) in [7, 11) is 0. The van der Waals surface area contributed by atoms with Crippen LogP contribution in [0.15, 0.2) is 0 Å². The quantitative estimate of drug-likeness (QED) is 0.505. The van der Waals surface area contributed by atoms with Crippen molar-refractivity contribution in [3.05, 3.63) is 0 Å². The third kappa shape index (κ3) is 2.57. The molecule has 0 saturated heterocycles. The van der Waals surface area contributed by atoms with Crippen LogP contribution in [0.4, 0.5) is 0 Å². The molecule has 0 aromatic rings. The molecule has 4 aliphatic rings. The molecule has 102 valence electrons. The van der Waals surface area contributed by atoms with Crippen molar-refractivity contribution in [3.8, 4) is 0 Å². The fraction of sp³-hybridized carbons (Fsp3) is 0.938. The Labute approximate surface area is 110 Å². The van der Waals surface area contributed by atoms with Crippen LogP contribution in [0.25, 0.3) is 0 Å². The van der Waals surface area contributed by atoms with E-state index < -0.39 is 0 Å². The first-order valence-electron chi connectivity index (χ1n) is 7.85. The molecule has 4 fully saturated rings. The van der Waals surface area contributed by atoms with Gasteiger partial charge < -0.3 is 4.74 Å². The normalized spacial score (nSPS) is 41.0. The van der Waals surface area contributed by atoms with Crippen LogP contribution in [-0.2, 0) is 9.53 Å². The lowest BCUT2D eigenvalue weighted by Gasteiger charge is -2.57. The number of ether oxygens (including phenoxy) is 1. The summed E-state index contributed by atoms with van der Waals surface area (Å²) >= 11 is 0. The SMILES string of the molecule is O=COCCCCCC12CC3CC(CC(C3)C1)C2. The van der Waals surface area contributed by atoms with Crippen molar-refractivity contribution in [2.45, 2.75) is 64.2 Å². The van der Waals surface area contributed by atoms with Crippen molar-refractivity contribution < 1.29 is 9.53 Å². The second-order valence-electron chi connectivity index (χ2n) is 7.20. The van der Waals surface area contributed by atoms with Crippen molar-refractivity contribution in [1.29, 1.82) is 0 Å². The summed E-state index contributed by atoms with van der Waals surface area (Å²) < 4.78 is 4.75. The van der Waals surface area contributed by atoms with E-state index in [0.29, 0.717) is 13.1 Å². The third-order valence-corrected chi connectivity index (χ3v) is 5.70. The smallest absolute Gasteiger partial charge is 0.293 e. The van der Waals surface area contributed by atoms with E-state index in [1.54, 1.807) is 19.3 Å². The third-order valence-electron chi connectivity index (χ3n) is 5.70. The first-order valence-corrected chi connectivity index (χ1v) is 7.85. The van der Waals surface area contributed by atoms with Crippen LogP contribution in [-0.4, -0.2) is 13.1 Å². The molecule has 2 nitrogen and oxygen atoms in total. The van der Waals surface area contributed by atoms with Gasteiger partial charge in [-0.3, -0.25) is 4.79 Å². The molecule has 4 aliphatic carbocycles. The molecule has 0 atom stereocenters. The first-order chi connectivity index (χ1) is 8.80. The molecule has 0 aliphatic heterocycles. The first kappa shape index (κ1) is 12.5. The van der Waals surface area contributed by atoms with E-state index in [9.17, 15) is 4.79 Å². The molecule has 2 heteroatoms. The molecule has 0 aromatic carbocycles. The van der Waals surface area contributed by atoms with E-state index in [1.165, 1.54) is 38.5 Å². The Morgan fingerprint density at radius 2 is 1.56 bits per heavy atom. The van der Waals surface area contributed by atoms with Gasteiger partial charge >= 0.3 is 0 Å². The highest BCUT2D eigenvalue weighted by atomic mass is 16.5. The Bertz CT molecular complexity index is 262. The lowest BCUT2D eigenvalue weighted by Crippen LogP contribution is -2.45. The Hall–Kier alpha value is -0.530. The fourth-order valence-corrected chi connectivity index (χ4v) is 5.51. The predicted molar refractivity (Wildman–Crippen MR) is 71.1 cm³/mol. The van der Waals surface area contributed by atoms with Gasteiger partial charge in [0, 0.05) is 0 Å². The minimum Gasteiger partial charge on any atom is -0.468 e. The summed E-state index contributed by atoms with van der Waals surface area (Å²) in [5.74, 6) is 3.24. The van der Waals surface area contributed by atoms with E-state index in [2.05, 4.69) is 0 Å². The molecule has 4 saturated carbocycles. The second-order valence-corrected chi connectivity index (χ2v) is 7.20. The Balaban J connectivity index is 1.43. The predicted octanol–water partition coefficient (Wildman–Crippen LogP) is 3.94. The molecule has 0 heterocycles. The van der Waals surface area contributed by atoms with Crippen molar-refractivity contribution in [2.24, 2.45) is 23.2 Å². The van der Waals surface area contributed by atoms with E-state index >= 15 is 0 Å². The van der Waals surface area contributed by atoms with Crippen LogP contribution in [0.2, 0.25) is 0 Å². The number of carbonyl (C=O) groups excluding carboxylic acids is 1. The molecule has 0 amide bonds. The molecule has 18 heavy (non-hydrogen) atoms. The van der Waals surface area contributed by atoms with Crippen LogP contribution in [0.3, 0.4) is 0 Å². The molecule has 0 aromatic heterocycles. The maximum absolute atomic E-state index is 10.0. The number of unbranched alkanes of at least 4 members (excludes halogenated alkanes) is 2. The highest BCUT2D eigenvalue weighted by Crippen LogP contribution is 2.61. The van der Waals surface area contributed by atoms with Gasteiger partial charge in [-0.2, -0.15) is 0 Å². The number of rotatable bonds is 7. The average Bonchev–Trinajstić information content (AvgIpc) is 2.32. The Morgan fingerprint density at radius 1 is 0.944 bits per heavy atom. The zero-order valence-corrected chi connectivity index (χ0v) is 11.4. The molecule has 4 rings (SSSR count). The topological polar surface area (TPSA) is 26.3 Å². The molecule has 4 bridgehead atoms. The Kier molecular flexibility index (Phi) is 3.63. The number of carbonyl (C=O) groups is 1. The van der Waals surface area contributed by atoms with Gasteiger partial charge in [-0.25, -0.2) is 0 Å². The molecular formula is C16H26O2. The van der Waals surface area contributed by atoms with Crippen LogP contribution in [0, 0.1) is 23.2 Å². The van der Waals surface area contributed by atoms with Gasteiger partial charge in [0.15, 0.2) is 0 Å². The maximum atomic E-state index is 10.0. The number of hydrogen-bond acceptors (Lipinski definition) is 2. The van der Waals surface area contributed by atoms with E-state index in [-0.39, 0.29) is 0 Å². The lowest BCUT2D eigenvalue weighted by molar-refractivity contribution is -0.128. The van der Waals surface area contributed by atoms with Gasteiger partial charge in [-0.05, 0) is 74.5 Å². The van der Waals surface area contributed by atoms with Gasteiger partial charge in [0.25, 0.3) is 6.47 Å². The van der Waals surface area contributed by atoms with Crippen LogP contribution >= 0.6 is 0 Å². The number of hydrogen-bond donors (Lipinski definition) is 0. The molecule has 0 radical (unpaired) electrons. The summed E-state index contributed by atoms with van der Waals surface area (Å²) in [5.41, 5.74) is 0.736. The Morgan fingerprint density at radius 3 is 2.11 bits per heavy atom. The minimum absolute atomic E-state index is 0.569. The monoisotopic (exact) mass is 250 g/mol. The van der Waals surface area contributed by atoms with Gasteiger partial charge in [0.05, 0.1) is 6.61 Å². The lowest BCUT2D eigenvalue weighted by atomic mass is 9.48. The second kappa shape index (κ2) is 5.22. The zero-order valence-electron chi connectivity index (χ0n) is 11.4. The molecule has 0 N–H and O–H groups in total. The molecular weight excluding hydrogens is 224 g/mol. The minimum atomic E-state index is 0.569. The highest BCUT2D eigenvalue weighted by molar-refractivity contribution is 5.36. The van der Waals surface area contributed by atoms with Crippen LogP contribution in [0.5, 0.6) is 0 Å². The van der Waals surface area contributed by atoms with Crippen LogP contribution in [0.1, 0.15) is 64.2 Å². The van der Waals surface area contributed by atoms with Crippen molar-refractivity contribution in [2.75, 3.05) is 6.61 Å². The van der Waals surface area contributed by atoms with Crippen molar-refractivity contribution >= 4 is 6.47 Å². The van der Waals surface area contributed by atoms with Crippen LogP contribution < -0.4 is 0 Å². The van der Waals surface area contributed by atoms with Crippen molar-refractivity contribution in [3.63, 3.8) is 0 Å². The molecule has 0 unspecified atom stereocenters. The van der Waals surface area contributed by atoms with E-state index in [0.717, 1.165) is 29.6 Å². The van der Waals surface area contributed by atoms with E-state index in [1.807, 2.05) is 0 Å². The van der Waals surface area contributed by atoms with Gasteiger partial charge in [-0.15, -0.1) is 0 Å². The zero-order chi connectivity index (χ0) is 12.4. The summed E-state index contributed by atoms with van der Waals surface area (Å²) in [6.07, 6.45) is 14.3. The maximum Gasteiger partial charge on any atom is 0.293 e. The van der Waals surface area contributed by atoms with Crippen molar-refractivity contribution in [1.82, 2.24) is 0 Å². The summed E-state index contributed by atoms with van der Waals surface area (Å²) in [5, 5.41) is 0. The summed E-state index contributed by atoms with van der Waals surface area (Å²) in [4.78, 5) is 10.0. The summed E-state index contributed by atoms with van der Waals surface area (Å²) in [6.45, 7) is 1.18. The van der Waals surface area contributed by atoms with E-state index in [4.69, 9.17) is 4.74 Å². The molecule has 0 spiro atoms. The summed E-state index contributed by atoms with van der Waals surface area (Å²) in [6, 6.07) is 0. The fourth-order valence-electron chi connectivity index (χ4n) is 5.51. The standard InChI is InChI=1S/C16H26O2/c17-12-18-5-3-1-2-4-16-9-13-6-14(10-16)8-15(7-13)11-16/h12-15H,1-11H2. The average molecular weight is 250 g/mol. The van der Waals surface area contributed by atoms with Gasteiger partial charge in [0.1, 0.15) is 0 Å². The van der Waals surface area contributed by atoms with Gasteiger partial charge in [0.2, 0.25) is 0 Å². The highest BCUT2D eigenvalue weighted by Gasteiger charge is 2.50.